The highest BCUT2D eigenvalue weighted by molar-refractivity contribution is 5.94. The highest BCUT2D eigenvalue weighted by Crippen LogP contribution is 2.20. The third-order valence-corrected chi connectivity index (χ3v) is 3.80. The van der Waals surface area contributed by atoms with Gasteiger partial charge in [-0.1, -0.05) is 6.07 Å². The first-order chi connectivity index (χ1) is 11.0. The minimum Gasteiger partial charge on any atom is -0.352 e. The van der Waals surface area contributed by atoms with E-state index in [4.69, 9.17) is 9.47 Å². The fourth-order valence-electron chi connectivity index (χ4n) is 2.40. The van der Waals surface area contributed by atoms with E-state index in [2.05, 4.69) is 10.3 Å². The topological polar surface area (TPSA) is 65.4 Å². The Morgan fingerprint density at radius 3 is 2.87 bits per heavy atom. The molecular formula is C17H21N3O3. The van der Waals surface area contributed by atoms with Gasteiger partial charge in [0.15, 0.2) is 5.79 Å². The Labute approximate surface area is 135 Å². The van der Waals surface area contributed by atoms with Gasteiger partial charge in [-0.05, 0) is 32.0 Å². The molecule has 0 bridgehead atoms. The summed E-state index contributed by atoms with van der Waals surface area (Å²) < 4.78 is 13.1. The number of aromatic nitrogens is 2. The van der Waals surface area contributed by atoms with Crippen LogP contribution in [0.15, 0.2) is 43.0 Å². The van der Waals surface area contributed by atoms with Crippen molar-refractivity contribution in [3.05, 3.63) is 48.5 Å². The van der Waals surface area contributed by atoms with Gasteiger partial charge in [-0.15, -0.1) is 0 Å². The summed E-state index contributed by atoms with van der Waals surface area (Å²) in [4.78, 5) is 16.3. The van der Waals surface area contributed by atoms with Crippen LogP contribution in [0.25, 0.3) is 5.69 Å². The third kappa shape index (κ3) is 3.97. The second-order valence-corrected chi connectivity index (χ2v) is 6.12. The van der Waals surface area contributed by atoms with E-state index >= 15 is 0 Å². The van der Waals surface area contributed by atoms with Crippen LogP contribution >= 0.6 is 0 Å². The second-order valence-electron chi connectivity index (χ2n) is 6.12. The van der Waals surface area contributed by atoms with Gasteiger partial charge < -0.3 is 19.4 Å². The van der Waals surface area contributed by atoms with Gasteiger partial charge in [-0.25, -0.2) is 4.98 Å². The molecule has 0 unspecified atom stereocenters. The molecule has 2 heterocycles. The lowest BCUT2D eigenvalue weighted by atomic mass is 10.1. The van der Waals surface area contributed by atoms with Crippen molar-refractivity contribution < 1.29 is 14.3 Å². The first kappa shape index (κ1) is 15.7. The normalized spacial score (nSPS) is 17.8. The molecule has 0 aliphatic carbocycles. The van der Waals surface area contributed by atoms with Crippen molar-refractivity contribution in [1.82, 2.24) is 14.9 Å². The maximum Gasteiger partial charge on any atom is 0.251 e. The average Bonchev–Trinajstić information content (AvgIpc) is 3.08. The van der Waals surface area contributed by atoms with Crippen LogP contribution in [0.4, 0.5) is 0 Å². The number of hydrogen-bond acceptors (Lipinski definition) is 4. The van der Waals surface area contributed by atoms with E-state index in [1.165, 1.54) is 0 Å². The summed E-state index contributed by atoms with van der Waals surface area (Å²) in [6.45, 7) is 5.49. The zero-order valence-electron chi connectivity index (χ0n) is 13.4. The Bertz CT molecular complexity index is 657. The molecule has 0 atom stereocenters. The molecule has 1 aliphatic rings. The fraction of sp³-hybridized carbons (Fsp3) is 0.412. The molecule has 0 spiro atoms. The number of nitrogens with one attached hydrogen (secondary N) is 1. The monoisotopic (exact) mass is 315 g/mol. The highest BCUT2D eigenvalue weighted by Gasteiger charge is 2.28. The second kappa shape index (κ2) is 6.52. The molecule has 122 valence electrons. The summed E-state index contributed by atoms with van der Waals surface area (Å²) in [7, 11) is 0. The van der Waals surface area contributed by atoms with Crippen LogP contribution in [-0.2, 0) is 9.47 Å². The quantitative estimate of drug-likeness (QED) is 0.937. The number of carbonyl (C=O) groups is 1. The Hall–Kier alpha value is -2.18. The van der Waals surface area contributed by atoms with Gasteiger partial charge in [0, 0.05) is 36.1 Å². The van der Waals surface area contributed by atoms with Crippen molar-refractivity contribution in [1.29, 1.82) is 0 Å². The smallest absolute Gasteiger partial charge is 0.251 e. The number of benzene rings is 1. The standard InChI is InChI=1S/C17H21N3O3/c1-17(2)22-10-13(11-23-17)9-19-16(21)14-4-3-5-15(8-14)20-7-6-18-12-20/h3-8,12-13H,9-11H2,1-2H3,(H,19,21). The highest BCUT2D eigenvalue weighted by atomic mass is 16.7. The molecule has 2 aromatic rings. The third-order valence-electron chi connectivity index (χ3n) is 3.80. The Morgan fingerprint density at radius 1 is 1.39 bits per heavy atom. The summed E-state index contributed by atoms with van der Waals surface area (Å²) in [6.07, 6.45) is 5.25. The minimum absolute atomic E-state index is 0.100. The van der Waals surface area contributed by atoms with Gasteiger partial charge in [0.25, 0.3) is 5.91 Å². The number of amides is 1. The van der Waals surface area contributed by atoms with Gasteiger partial charge in [-0.3, -0.25) is 4.79 Å². The van der Waals surface area contributed by atoms with E-state index in [9.17, 15) is 4.79 Å². The average molecular weight is 315 g/mol. The SMILES string of the molecule is CC1(C)OCC(CNC(=O)c2cccc(-n3ccnc3)c2)CO1. The first-order valence-corrected chi connectivity index (χ1v) is 7.68. The van der Waals surface area contributed by atoms with E-state index in [-0.39, 0.29) is 11.8 Å². The summed E-state index contributed by atoms with van der Waals surface area (Å²) in [6, 6.07) is 7.43. The van der Waals surface area contributed by atoms with Crippen molar-refractivity contribution in [2.45, 2.75) is 19.6 Å². The van der Waals surface area contributed by atoms with Crippen molar-refractivity contribution >= 4 is 5.91 Å². The van der Waals surface area contributed by atoms with Gasteiger partial charge >= 0.3 is 0 Å². The lowest BCUT2D eigenvalue weighted by Crippen LogP contribution is -2.43. The van der Waals surface area contributed by atoms with E-state index in [0.717, 1.165) is 5.69 Å². The van der Waals surface area contributed by atoms with E-state index < -0.39 is 5.79 Å². The summed E-state index contributed by atoms with van der Waals surface area (Å²) in [5, 5.41) is 2.94. The van der Waals surface area contributed by atoms with E-state index in [1.54, 1.807) is 18.6 Å². The van der Waals surface area contributed by atoms with Crippen molar-refractivity contribution in [3.63, 3.8) is 0 Å². The molecule has 1 aromatic heterocycles. The number of carbonyl (C=O) groups excluding carboxylic acids is 1. The molecular weight excluding hydrogens is 294 g/mol. The molecule has 6 nitrogen and oxygen atoms in total. The van der Waals surface area contributed by atoms with Crippen LogP contribution in [-0.4, -0.2) is 41.0 Å². The predicted octanol–water partition coefficient (Wildman–Crippen LogP) is 2.00. The number of imidazole rings is 1. The molecule has 23 heavy (non-hydrogen) atoms. The first-order valence-electron chi connectivity index (χ1n) is 7.68. The molecule has 1 aliphatic heterocycles. The van der Waals surface area contributed by atoms with Gasteiger partial charge in [0.2, 0.25) is 0 Å². The van der Waals surface area contributed by atoms with Crippen molar-refractivity contribution in [2.75, 3.05) is 19.8 Å². The molecule has 0 radical (unpaired) electrons. The van der Waals surface area contributed by atoms with Crippen LogP contribution in [0.5, 0.6) is 0 Å². The van der Waals surface area contributed by atoms with Gasteiger partial charge in [0.05, 0.1) is 19.5 Å². The minimum atomic E-state index is -0.528. The van der Waals surface area contributed by atoms with Crippen molar-refractivity contribution in [3.8, 4) is 5.69 Å². The van der Waals surface area contributed by atoms with Crippen LogP contribution in [0.1, 0.15) is 24.2 Å². The number of rotatable bonds is 4. The fourth-order valence-corrected chi connectivity index (χ4v) is 2.40. The van der Waals surface area contributed by atoms with Gasteiger partial charge in [0.1, 0.15) is 0 Å². The van der Waals surface area contributed by atoms with Crippen molar-refractivity contribution in [2.24, 2.45) is 5.92 Å². The Kier molecular flexibility index (Phi) is 4.45. The Morgan fingerprint density at radius 2 is 2.17 bits per heavy atom. The van der Waals surface area contributed by atoms with E-state index in [0.29, 0.717) is 25.3 Å². The molecule has 1 aromatic carbocycles. The largest absolute Gasteiger partial charge is 0.352 e. The Balaban J connectivity index is 1.58. The summed E-state index contributed by atoms with van der Waals surface area (Å²) >= 11 is 0. The molecule has 1 saturated heterocycles. The molecule has 6 heteroatoms. The number of hydrogen-bond donors (Lipinski definition) is 1. The maximum atomic E-state index is 12.3. The van der Waals surface area contributed by atoms with Crippen LogP contribution < -0.4 is 5.32 Å². The summed E-state index contributed by atoms with van der Waals surface area (Å²) in [5.41, 5.74) is 1.52. The lowest BCUT2D eigenvalue weighted by Gasteiger charge is -2.34. The van der Waals surface area contributed by atoms with E-state index in [1.807, 2.05) is 42.8 Å². The molecule has 3 rings (SSSR count). The summed E-state index contributed by atoms with van der Waals surface area (Å²) in [5.74, 6) is -0.458. The molecule has 1 fully saturated rings. The predicted molar refractivity (Wildman–Crippen MR) is 85.4 cm³/mol. The zero-order valence-corrected chi connectivity index (χ0v) is 13.4. The van der Waals surface area contributed by atoms with Crippen LogP contribution in [0.2, 0.25) is 0 Å². The molecule has 1 amide bonds. The van der Waals surface area contributed by atoms with Crippen LogP contribution in [0.3, 0.4) is 0 Å². The van der Waals surface area contributed by atoms with Crippen LogP contribution in [0, 0.1) is 5.92 Å². The van der Waals surface area contributed by atoms with Gasteiger partial charge in [-0.2, -0.15) is 0 Å². The number of ether oxygens (including phenoxy) is 2. The lowest BCUT2D eigenvalue weighted by molar-refractivity contribution is -0.261. The number of nitrogens with zero attached hydrogens (tertiary/aromatic N) is 2. The molecule has 0 saturated carbocycles. The maximum absolute atomic E-state index is 12.3. The zero-order chi connectivity index (χ0) is 16.3. The molecule has 1 N–H and O–H groups in total.